The van der Waals surface area contributed by atoms with Crippen LogP contribution in [0, 0.1) is 41.5 Å². The summed E-state index contributed by atoms with van der Waals surface area (Å²) in [5.74, 6) is 0.753. The van der Waals surface area contributed by atoms with Crippen molar-refractivity contribution in [2.45, 2.75) is 47.0 Å². The summed E-state index contributed by atoms with van der Waals surface area (Å²) in [4.78, 5) is 55.6. The Hall–Kier alpha value is -16.5. The molecule has 0 aliphatic rings. The van der Waals surface area contributed by atoms with Crippen molar-refractivity contribution in [3.8, 4) is 80.5 Å². The number of carbonyl (C=O) groups is 5. The zero-order chi connectivity index (χ0) is 91.1. The highest BCUT2D eigenvalue weighted by atomic mass is 16.5. The number of hydrogen-bond donors (Lipinski definition) is 11. The Morgan fingerprint density at radius 2 is 0.472 bits per heavy atom. The summed E-state index contributed by atoms with van der Waals surface area (Å²) in [6, 6.07) is 90.8. The molecule has 0 saturated carbocycles. The van der Waals surface area contributed by atoms with Crippen LogP contribution in [-0.2, 0) is 5.41 Å². The summed E-state index contributed by atoms with van der Waals surface area (Å²) in [7, 11) is 4.88. The van der Waals surface area contributed by atoms with E-state index in [4.69, 9.17) is 29.5 Å². The molecule has 0 fully saturated rings. The van der Waals surface area contributed by atoms with Crippen molar-refractivity contribution in [2.75, 3.05) is 21.3 Å². The third-order valence-electron chi connectivity index (χ3n) is 22.1. The number of carbonyl (C=O) groups excluding carboxylic acids is 5. The number of nitrogens with zero attached hydrogens (tertiary/aromatic N) is 1. The van der Waals surface area contributed by atoms with Gasteiger partial charge in [-0.15, -0.1) is 0 Å². The van der Waals surface area contributed by atoms with Crippen molar-refractivity contribution in [3.63, 3.8) is 0 Å². The maximum atomic E-state index is 11.3. The zero-order valence-electron chi connectivity index (χ0n) is 70.8. The molecule has 638 valence electrons. The van der Waals surface area contributed by atoms with E-state index in [-0.39, 0.29) is 67.7 Å². The van der Waals surface area contributed by atoms with Gasteiger partial charge in [0.15, 0.2) is 46.0 Å². The molecular formula is C107H92NO19+. The normalized spacial score (nSPS) is 10.9. The van der Waals surface area contributed by atoms with Gasteiger partial charge in [-0.2, -0.15) is 4.48 Å². The number of benzene rings is 17. The Morgan fingerprint density at radius 1 is 0.220 bits per heavy atom. The zero-order valence-corrected chi connectivity index (χ0v) is 70.8. The monoisotopic (exact) mass is 1690 g/mol. The lowest BCUT2D eigenvalue weighted by molar-refractivity contribution is 0.111. The van der Waals surface area contributed by atoms with E-state index in [2.05, 4.69) is 74.5 Å². The highest BCUT2D eigenvalue weighted by Gasteiger charge is 2.41. The van der Waals surface area contributed by atoms with E-state index in [0.29, 0.717) is 65.9 Å². The predicted molar refractivity (Wildman–Crippen MR) is 498 cm³/mol. The Balaban J connectivity index is 0.000000145. The summed E-state index contributed by atoms with van der Waals surface area (Å²) in [6.07, 6.45) is 4.20. The van der Waals surface area contributed by atoms with Gasteiger partial charge in [0.1, 0.15) is 88.7 Å². The molecule has 0 heterocycles. The van der Waals surface area contributed by atoms with Crippen molar-refractivity contribution in [1.82, 2.24) is 4.48 Å². The maximum Gasteiger partial charge on any atom is 0.161 e. The fraction of sp³-hybridized carbons (Fsp3) is 0.0935. The second-order valence-corrected chi connectivity index (χ2v) is 30.5. The van der Waals surface area contributed by atoms with Crippen molar-refractivity contribution < 1.29 is 94.4 Å². The smallest absolute Gasteiger partial charge is 0.161 e. The standard InChI is InChI=1S/C29H24O3.C28H24NO3.C19H14O5.C15H12O3.C9H10O2.C7H8O3/c2*1-21-3-9-24(10-4-21)29(25-11-5-22(19-30)6-12-25,26-13-7-23(20-31)8-14-26)27-15-17-28(32-2)18-16-27;1-8-2-9-10(3-15(8)20)12-5-17(22)19(24)7-14(12)13-6-18(23)16(21)4-11(9)13;1-8-2-9-3-11-6-14(17)15(18)7-12(11)4-10(9)5-13(8)16;1-7-3-8(6-10)5-9(4-7)11-2;1-4-2-6(9)7(10)3-5(4)8/h2*3-20H,1-2H3;2-7,20-24H,1H3;2-7,16-18H,1H3;3-6H,1-2H3;2-3,8-10H,1H3/q;+1;;;;. The van der Waals surface area contributed by atoms with Gasteiger partial charge >= 0.3 is 0 Å². The lowest BCUT2D eigenvalue weighted by Gasteiger charge is -2.37. The number of phenolic OH excluding ortho intramolecular Hbond substituents is 11. The van der Waals surface area contributed by atoms with Crippen LogP contribution in [-0.4, -0.2) is 109 Å². The van der Waals surface area contributed by atoms with Gasteiger partial charge in [0.25, 0.3) is 0 Å². The number of ether oxygens (including phenoxy) is 3. The second-order valence-electron chi connectivity index (χ2n) is 30.5. The molecule has 127 heavy (non-hydrogen) atoms. The first-order chi connectivity index (χ1) is 61.0. The number of quaternary nitrogens is 1. The molecule has 20 heteroatoms. The molecule has 17 rings (SSSR count). The molecule has 0 aromatic heterocycles. The summed E-state index contributed by atoms with van der Waals surface area (Å²) in [5.41, 5.74) is 16.0. The van der Waals surface area contributed by atoms with E-state index in [9.17, 15) is 64.8 Å². The van der Waals surface area contributed by atoms with Gasteiger partial charge < -0.3 is 70.4 Å². The molecule has 0 spiro atoms. The third-order valence-corrected chi connectivity index (χ3v) is 22.1. The van der Waals surface area contributed by atoms with E-state index in [1.54, 1.807) is 59.4 Å². The topological polar surface area (TPSA) is 336 Å². The molecule has 11 N–H and O–H groups in total. The average molecular weight is 1700 g/mol. The number of methoxy groups -OCH3 is 3. The van der Waals surface area contributed by atoms with E-state index in [1.165, 1.54) is 48.0 Å². The van der Waals surface area contributed by atoms with Crippen LogP contribution in [0.5, 0.6) is 80.5 Å². The number of aromatic hydroxyl groups is 11. The van der Waals surface area contributed by atoms with Crippen molar-refractivity contribution in [2.24, 2.45) is 0 Å². The van der Waals surface area contributed by atoms with Crippen LogP contribution in [0.4, 0.5) is 22.7 Å². The molecule has 0 atom stereocenters. The molecule has 0 bridgehead atoms. The Morgan fingerprint density at radius 3 is 0.843 bits per heavy atom. The minimum atomic E-state index is -0.650. The third kappa shape index (κ3) is 19.4. The summed E-state index contributed by atoms with van der Waals surface area (Å²) < 4.78 is 16.0. The fourth-order valence-electron chi connectivity index (χ4n) is 15.3. The largest absolute Gasteiger partial charge is 0.508 e. The van der Waals surface area contributed by atoms with Crippen LogP contribution in [0.15, 0.2) is 297 Å². The molecule has 0 aliphatic heterocycles. The van der Waals surface area contributed by atoms with E-state index in [1.807, 2.05) is 178 Å². The van der Waals surface area contributed by atoms with Gasteiger partial charge in [-0.05, 0) is 286 Å². The van der Waals surface area contributed by atoms with Gasteiger partial charge in [-0.1, -0.05) is 108 Å². The first kappa shape index (κ1) is 89.8. The summed E-state index contributed by atoms with van der Waals surface area (Å²) in [6.45, 7) is 11.3. The number of hydrogen-bond acceptors (Lipinski definition) is 19. The van der Waals surface area contributed by atoms with Gasteiger partial charge in [0.05, 0.1) is 26.7 Å². The number of rotatable bonds is 16. The molecule has 0 unspecified atom stereocenters. The average Bonchev–Trinajstić information content (AvgIpc) is 0.740. The van der Waals surface area contributed by atoms with Crippen LogP contribution in [0.25, 0.3) is 53.9 Å². The molecule has 0 radical (unpaired) electrons. The fourth-order valence-corrected chi connectivity index (χ4v) is 15.3. The van der Waals surface area contributed by atoms with Crippen LogP contribution in [0.3, 0.4) is 0 Å². The van der Waals surface area contributed by atoms with Crippen LogP contribution in [0.2, 0.25) is 0 Å². The predicted octanol–water partition coefficient (Wildman–Crippen LogP) is 23.3. The molecule has 17 aromatic carbocycles. The molecule has 0 saturated heterocycles. The van der Waals surface area contributed by atoms with E-state index in [0.717, 1.165) is 143 Å². The summed E-state index contributed by atoms with van der Waals surface area (Å²) in [5, 5.41) is 112. The van der Waals surface area contributed by atoms with Crippen LogP contribution >= 0.6 is 0 Å². The summed E-state index contributed by atoms with van der Waals surface area (Å²) >= 11 is 0. The quantitative estimate of drug-likeness (QED) is 0.00814. The van der Waals surface area contributed by atoms with Gasteiger partial charge in [-0.25, -0.2) is 0 Å². The maximum absolute atomic E-state index is 11.3. The number of phenols is 11. The van der Waals surface area contributed by atoms with Crippen molar-refractivity contribution in [1.29, 1.82) is 0 Å². The highest BCUT2D eigenvalue weighted by molar-refractivity contribution is 6.26. The van der Waals surface area contributed by atoms with E-state index < -0.39 is 5.41 Å². The number of aryl methyl sites for hydroxylation is 6. The SMILES string of the molecule is COc1cc(C)cc(C=O)c1.COc1ccc(C(c2ccc(C)cc2)(c2ccc(C=O)cc2)c2ccc(C=O)cc2)cc1.COc1ccc([N+](c2ccc(C)cc2)(c2ccc(C=O)cc2)c2ccc(C=O)cc2)cc1.Cc1cc(O)c(O)cc1O.Cc1cc2c(cc1O)c1cc(O)c(O)cc1c1cc(O)c(O)cc21.Cc1cc2cc3cc(O)c(O)cc3cc2cc1O. The van der Waals surface area contributed by atoms with Gasteiger partial charge in [0.2, 0.25) is 0 Å². The second kappa shape index (κ2) is 39.2. The molecule has 0 amide bonds. The van der Waals surface area contributed by atoms with Gasteiger partial charge in [-0.3, -0.25) is 24.0 Å². The Bertz CT molecular complexity index is 6150. The Labute approximate surface area is 732 Å². The molecule has 17 aromatic rings. The van der Waals surface area contributed by atoms with E-state index >= 15 is 0 Å². The number of fused-ring (bicyclic) bond motifs is 8. The Kier molecular flexibility index (Phi) is 27.7. The minimum Gasteiger partial charge on any atom is -0.508 e. The van der Waals surface area contributed by atoms with Crippen LogP contribution in [0.1, 0.15) is 107 Å². The minimum absolute atomic E-state index is 0.0182. The lowest BCUT2D eigenvalue weighted by Crippen LogP contribution is -2.33. The van der Waals surface area contributed by atoms with Gasteiger partial charge in [0, 0.05) is 82.4 Å². The molecular weight excluding hydrogens is 1600 g/mol. The first-order valence-electron chi connectivity index (χ1n) is 39.9. The van der Waals surface area contributed by atoms with Crippen molar-refractivity contribution >= 4 is 108 Å². The van der Waals surface area contributed by atoms with Crippen molar-refractivity contribution in [3.05, 3.63) is 381 Å². The highest BCUT2D eigenvalue weighted by Crippen LogP contribution is 2.53. The number of aldehydes is 5. The lowest BCUT2D eigenvalue weighted by atomic mass is 9.65. The van der Waals surface area contributed by atoms with Crippen LogP contribution < -0.4 is 18.7 Å². The molecule has 0 aliphatic carbocycles. The first-order valence-corrected chi connectivity index (χ1v) is 39.9. The molecule has 20 nitrogen and oxygen atoms in total.